The molecule has 0 aliphatic heterocycles. The molecule has 1 aromatic heterocycles. The first-order valence-electron chi connectivity index (χ1n) is 4.88. The van der Waals surface area contributed by atoms with Crippen LogP contribution in [0.25, 0.3) is 11.3 Å². The predicted molar refractivity (Wildman–Crippen MR) is 56.2 cm³/mol. The molecule has 0 atom stereocenters. The van der Waals surface area contributed by atoms with Crippen LogP contribution in [0.5, 0.6) is 0 Å². The van der Waals surface area contributed by atoms with Crippen molar-refractivity contribution in [2.75, 3.05) is 0 Å². The number of hydrogen-bond donors (Lipinski definition) is 0. The molecule has 70 valence electrons. The Balaban J connectivity index is 2.31. The highest BCUT2D eigenvalue weighted by Gasteiger charge is 2.23. The molecular weight excluding hydrogens is 172 g/mol. The normalized spacial score (nSPS) is 12.7. The summed E-state index contributed by atoms with van der Waals surface area (Å²) in [7, 11) is 2.09. The van der Waals surface area contributed by atoms with Gasteiger partial charge in [-0.2, -0.15) is 0 Å². The number of hydrogen-bond acceptors (Lipinski definition) is 1. The van der Waals surface area contributed by atoms with Gasteiger partial charge in [0.05, 0.1) is 5.69 Å². The van der Waals surface area contributed by atoms with Gasteiger partial charge in [0.15, 0.2) is 0 Å². The zero-order valence-corrected chi connectivity index (χ0v) is 8.41. The number of aromatic nitrogens is 2. The van der Waals surface area contributed by atoms with Crippen molar-refractivity contribution < 1.29 is 0 Å². The number of fused-ring (bicyclic) bond motifs is 3. The lowest BCUT2D eigenvalue weighted by Crippen LogP contribution is -1.97. The fourth-order valence-electron chi connectivity index (χ4n) is 2.16. The van der Waals surface area contributed by atoms with Gasteiger partial charge in [0.1, 0.15) is 5.82 Å². The van der Waals surface area contributed by atoms with Crippen LogP contribution in [0, 0.1) is 6.92 Å². The Morgan fingerprint density at radius 2 is 2.07 bits per heavy atom. The van der Waals surface area contributed by atoms with E-state index in [1.165, 1.54) is 22.5 Å². The molecule has 0 N–H and O–H groups in total. The first-order chi connectivity index (χ1) is 6.77. The molecule has 0 unspecified atom stereocenters. The highest BCUT2D eigenvalue weighted by Crippen LogP contribution is 2.35. The molecule has 2 nitrogen and oxygen atoms in total. The van der Waals surface area contributed by atoms with Crippen molar-refractivity contribution in [1.29, 1.82) is 0 Å². The average molecular weight is 184 g/mol. The lowest BCUT2D eigenvalue weighted by Gasteiger charge is -1.99. The molecule has 0 saturated heterocycles. The van der Waals surface area contributed by atoms with E-state index < -0.39 is 0 Å². The summed E-state index contributed by atoms with van der Waals surface area (Å²) in [4.78, 5) is 4.60. The molecule has 0 fully saturated rings. The van der Waals surface area contributed by atoms with E-state index in [1.54, 1.807) is 0 Å². The van der Waals surface area contributed by atoms with Crippen LogP contribution < -0.4 is 0 Å². The zero-order valence-electron chi connectivity index (χ0n) is 8.41. The van der Waals surface area contributed by atoms with Crippen LogP contribution in [0.3, 0.4) is 0 Å². The minimum Gasteiger partial charge on any atom is -0.334 e. The van der Waals surface area contributed by atoms with Gasteiger partial charge in [-0.05, 0) is 12.5 Å². The van der Waals surface area contributed by atoms with E-state index in [0.29, 0.717) is 0 Å². The monoisotopic (exact) mass is 184 g/mol. The number of benzene rings is 1. The van der Waals surface area contributed by atoms with Gasteiger partial charge in [-0.25, -0.2) is 4.98 Å². The average Bonchev–Trinajstić information content (AvgIpc) is 2.67. The summed E-state index contributed by atoms with van der Waals surface area (Å²) < 4.78 is 2.19. The van der Waals surface area contributed by atoms with Gasteiger partial charge >= 0.3 is 0 Å². The molecular formula is C12H12N2. The second kappa shape index (κ2) is 2.47. The number of aryl methyl sites for hydroxylation is 1. The van der Waals surface area contributed by atoms with Crippen LogP contribution in [0.2, 0.25) is 0 Å². The van der Waals surface area contributed by atoms with Crippen LogP contribution in [0.1, 0.15) is 17.1 Å². The molecule has 1 heterocycles. The molecule has 0 amide bonds. The second-order valence-corrected chi connectivity index (χ2v) is 3.85. The maximum absolute atomic E-state index is 4.60. The summed E-state index contributed by atoms with van der Waals surface area (Å²) in [6.45, 7) is 2.06. The smallest absolute Gasteiger partial charge is 0.106 e. The molecule has 1 aliphatic carbocycles. The van der Waals surface area contributed by atoms with Crippen molar-refractivity contribution in [3.63, 3.8) is 0 Å². The first-order valence-corrected chi connectivity index (χ1v) is 4.88. The molecule has 3 rings (SSSR count). The van der Waals surface area contributed by atoms with E-state index in [-0.39, 0.29) is 0 Å². The fraction of sp³-hybridized carbons (Fsp3) is 0.250. The summed E-state index contributed by atoms with van der Waals surface area (Å²) in [5.74, 6) is 1.10. The fourth-order valence-corrected chi connectivity index (χ4v) is 2.16. The van der Waals surface area contributed by atoms with E-state index in [9.17, 15) is 0 Å². The molecule has 0 bridgehead atoms. The maximum Gasteiger partial charge on any atom is 0.106 e. The Bertz CT molecular complexity index is 509. The Morgan fingerprint density at radius 3 is 2.93 bits per heavy atom. The van der Waals surface area contributed by atoms with E-state index in [2.05, 4.69) is 47.8 Å². The Hall–Kier alpha value is -1.57. The van der Waals surface area contributed by atoms with Crippen LogP contribution in [-0.2, 0) is 13.5 Å². The summed E-state index contributed by atoms with van der Waals surface area (Å²) in [5, 5.41) is 0. The predicted octanol–water partition coefficient (Wildman–Crippen LogP) is 2.30. The second-order valence-electron chi connectivity index (χ2n) is 3.85. The van der Waals surface area contributed by atoms with Crippen molar-refractivity contribution >= 4 is 0 Å². The van der Waals surface area contributed by atoms with E-state index >= 15 is 0 Å². The quantitative estimate of drug-likeness (QED) is 0.524. The lowest BCUT2D eigenvalue weighted by molar-refractivity contribution is 0.810. The lowest BCUT2D eigenvalue weighted by atomic mass is 10.1. The molecule has 1 aliphatic rings. The third-order valence-corrected chi connectivity index (χ3v) is 3.07. The molecule has 0 saturated carbocycles. The number of rotatable bonds is 0. The highest BCUT2D eigenvalue weighted by molar-refractivity contribution is 5.72. The Morgan fingerprint density at radius 1 is 1.29 bits per heavy atom. The van der Waals surface area contributed by atoms with Crippen LogP contribution in [0.4, 0.5) is 0 Å². The van der Waals surface area contributed by atoms with Gasteiger partial charge in [-0.15, -0.1) is 0 Å². The van der Waals surface area contributed by atoms with Crippen LogP contribution >= 0.6 is 0 Å². The summed E-state index contributed by atoms with van der Waals surface area (Å²) >= 11 is 0. The standard InChI is InChI=1S/C12H12N2/c1-8-13-12-10-6-4-3-5-9(10)7-11(12)14(8)2/h3-6H,7H2,1-2H3. The van der Waals surface area contributed by atoms with Gasteiger partial charge in [0, 0.05) is 24.7 Å². The van der Waals surface area contributed by atoms with Crippen molar-refractivity contribution in [2.24, 2.45) is 7.05 Å². The molecule has 0 radical (unpaired) electrons. The van der Waals surface area contributed by atoms with Crippen LogP contribution in [0.15, 0.2) is 24.3 Å². The maximum atomic E-state index is 4.60. The highest BCUT2D eigenvalue weighted by atomic mass is 15.1. The Kier molecular flexibility index (Phi) is 1.38. The largest absolute Gasteiger partial charge is 0.334 e. The summed E-state index contributed by atoms with van der Waals surface area (Å²) in [5.41, 5.74) is 5.25. The van der Waals surface area contributed by atoms with Gasteiger partial charge < -0.3 is 4.57 Å². The number of imidazole rings is 1. The van der Waals surface area contributed by atoms with Crippen molar-refractivity contribution in [3.05, 3.63) is 41.3 Å². The molecule has 2 heteroatoms. The van der Waals surface area contributed by atoms with Gasteiger partial charge in [-0.3, -0.25) is 0 Å². The topological polar surface area (TPSA) is 17.8 Å². The summed E-state index contributed by atoms with van der Waals surface area (Å²) in [6.07, 6.45) is 1.03. The SMILES string of the molecule is Cc1nc2c(n1C)Cc1ccccc1-2. The molecule has 14 heavy (non-hydrogen) atoms. The molecule has 0 spiro atoms. The molecule has 1 aromatic carbocycles. The van der Waals surface area contributed by atoms with Crippen molar-refractivity contribution in [1.82, 2.24) is 9.55 Å². The van der Waals surface area contributed by atoms with E-state index in [1.807, 2.05) is 0 Å². The van der Waals surface area contributed by atoms with Gasteiger partial charge in [0.25, 0.3) is 0 Å². The first kappa shape index (κ1) is 7.80. The minimum absolute atomic E-state index is 1.03. The van der Waals surface area contributed by atoms with E-state index in [4.69, 9.17) is 0 Å². The Labute approximate surface area is 83.2 Å². The van der Waals surface area contributed by atoms with Crippen LogP contribution in [-0.4, -0.2) is 9.55 Å². The zero-order chi connectivity index (χ0) is 9.71. The number of nitrogens with zero attached hydrogens (tertiary/aromatic N) is 2. The van der Waals surface area contributed by atoms with E-state index in [0.717, 1.165) is 12.2 Å². The third kappa shape index (κ3) is 0.830. The van der Waals surface area contributed by atoms with Crippen molar-refractivity contribution in [3.8, 4) is 11.3 Å². The minimum atomic E-state index is 1.03. The molecule has 2 aromatic rings. The third-order valence-electron chi connectivity index (χ3n) is 3.07. The van der Waals surface area contributed by atoms with Crippen molar-refractivity contribution in [2.45, 2.75) is 13.3 Å². The summed E-state index contributed by atoms with van der Waals surface area (Å²) in [6, 6.07) is 8.52. The van der Waals surface area contributed by atoms with Gasteiger partial charge in [-0.1, -0.05) is 24.3 Å². The van der Waals surface area contributed by atoms with Gasteiger partial charge in [0.2, 0.25) is 0 Å².